The van der Waals surface area contributed by atoms with Crippen LogP contribution < -0.4 is 10.6 Å². The Labute approximate surface area is 141 Å². The zero-order valence-corrected chi connectivity index (χ0v) is 14.3. The van der Waals surface area contributed by atoms with Gasteiger partial charge >= 0.3 is 6.09 Å². The summed E-state index contributed by atoms with van der Waals surface area (Å²) in [6.45, 7) is 7.75. The number of amides is 2. The van der Waals surface area contributed by atoms with Crippen molar-refractivity contribution in [2.24, 2.45) is 11.1 Å². The average Bonchev–Trinajstić information content (AvgIpc) is 2.52. The van der Waals surface area contributed by atoms with Gasteiger partial charge in [0, 0.05) is 37.3 Å². The highest BCUT2D eigenvalue weighted by atomic mass is 19.1. The number of carbonyl (C=O) groups excluding carboxylic acids is 2. The SMILES string of the molecule is CC(C)(C)C(OC(N)=O)C(=O)N1CCN(c2ccc(F)cc2)CC1. The molecule has 2 rings (SSSR count). The molecular weight excluding hydrogens is 313 g/mol. The van der Waals surface area contributed by atoms with Gasteiger partial charge in [-0.1, -0.05) is 20.8 Å². The highest BCUT2D eigenvalue weighted by Crippen LogP contribution is 2.25. The first-order chi connectivity index (χ1) is 11.2. The molecule has 0 aromatic heterocycles. The Kier molecular flexibility index (Phi) is 5.31. The molecular formula is C17H24FN3O3. The molecule has 0 aliphatic carbocycles. The molecule has 1 aromatic rings. The largest absolute Gasteiger partial charge is 0.436 e. The van der Waals surface area contributed by atoms with Crippen molar-refractivity contribution in [2.75, 3.05) is 31.1 Å². The van der Waals surface area contributed by atoms with E-state index in [1.54, 1.807) is 17.0 Å². The summed E-state index contributed by atoms with van der Waals surface area (Å²) in [5, 5.41) is 0. The molecule has 0 radical (unpaired) electrons. The number of anilines is 1. The van der Waals surface area contributed by atoms with E-state index in [4.69, 9.17) is 10.5 Å². The van der Waals surface area contributed by atoms with Crippen molar-refractivity contribution in [3.8, 4) is 0 Å². The van der Waals surface area contributed by atoms with Gasteiger partial charge < -0.3 is 20.3 Å². The summed E-state index contributed by atoms with van der Waals surface area (Å²) in [6, 6.07) is 6.29. The van der Waals surface area contributed by atoms with Crippen LogP contribution in [0.4, 0.5) is 14.9 Å². The molecule has 1 saturated heterocycles. The first-order valence-corrected chi connectivity index (χ1v) is 7.94. The standard InChI is InChI=1S/C17H24FN3O3/c1-17(2,3)14(24-16(19)23)15(22)21-10-8-20(9-11-21)13-6-4-12(18)5-7-13/h4-7,14H,8-11H2,1-3H3,(H2,19,23). The molecule has 2 N–H and O–H groups in total. The lowest BCUT2D eigenvalue weighted by Crippen LogP contribution is -2.55. The summed E-state index contributed by atoms with van der Waals surface area (Å²) in [7, 11) is 0. The first-order valence-electron chi connectivity index (χ1n) is 7.94. The normalized spacial score (nSPS) is 16.7. The average molecular weight is 337 g/mol. The summed E-state index contributed by atoms with van der Waals surface area (Å²) in [4.78, 5) is 27.6. The predicted octanol–water partition coefficient (Wildman–Crippen LogP) is 1.98. The van der Waals surface area contributed by atoms with Crippen LogP contribution in [0.3, 0.4) is 0 Å². The van der Waals surface area contributed by atoms with Crippen molar-refractivity contribution in [2.45, 2.75) is 26.9 Å². The van der Waals surface area contributed by atoms with Gasteiger partial charge in [-0.3, -0.25) is 4.79 Å². The van der Waals surface area contributed by atoms with Crippen LogP contribution >= 0.6 is 0 Å². The molecule has 1 aromatic carbocycles. The number of piperazine rings is 1. The third kappa shape index (κ3) is 4.37. The molecule has 2 amide bonds. The fourth-order valence-corrected chi connectivity index (χ4v) is 2.72. The van der Waals surface area contributed by atoms with E-state index in [1.165, 1.54) is 12.1 Å². The number of benzene rings is 1. The monoisotopic (exact) mass is 337 g/mol. The second-order valence-corrected chi connectivity index (χ2v) is 6.97. The number of carbonyl (C=O) groups is 2. The molecule has 1 heterocycles. The molecule has 0 bridgehead atoms. The van der Waals surface area contributed by atoms with Crippen molar-refractivity contribution >= 4 is 17.7 Å². The number of hydrogen-bond donors (Lipinski definition) is 1. The zero-order valence-electron chi connectivity index (χ0n) is 14.3. The molecule has 24 heavy (non-hydrogen) atoms. The Balaban J connectivity index is 2.00. The Morgan fingerprint density at radius 1 is 1.12 bits per heavy atom. The minimum Gasteiger partial charge on any atom is -0.436 e. The fraction of sp³-hybridized carbons (Fsp3) is 0.529. The van der Waals surface area contributed by atoms with Crippen molar-refractivity contribution in [1.29, 1.82) is 0 Å². The maximum Gasteiger partial charge on any atom is 0.405 e. The summed E-state index contributed by atoms with van der Waals surface area (Å²) in [5.74, 6) is -0.510. The molecule has 0 spiro atoms. The maximum absolute atomic E-state index is 13.0. The van der Waals surface area contributed by atoms with Crippen LogP contribution in [-0.4, -0.2) is 49.2 Å². The number of halogens is 1. The summed E-state index contributed by atoms with van der Waals surface area (Å²) in [5.41, 5.74) is 5.48. The van der Waals surface area contributed by atoms with Crippen LogP contribution in [-0.2, 0) is 9.53 Å². The third-order valence-electron chi connectivity index (χ3n) is 4.03. The van der Waals surface area contributed by atoms with Crippen LogP contribution in [0.1, 0.15) is 20.8 Å². The zero-order chi connectivity index (χ0) is 17.9. The number of rotatable bonds is 3. The van der Waals surface area contributed by atoms with Gasteiger partial charge in [0.25, 0.3) is 5.91 Å². The molecule has 1 fully saturated rings. The summed E-state index contributed by atoms with van der Waals surface area (Å²) >= 11 is 0. The highest BCUT2D eigenvalue weighted by Gasteiger charge is 2.38. The molecule has 7 heteroatoms. The lowest BCUT2D eigenvalue weighted by Gasteiger charge is -2.39. The summed E-state index contributed by atoms with van der Waals surface area (Å²) in [6.07, 6.45) is -1.86. The van der Waals surface area contributed by atoms with Crippen molar-refractivity contribution in [1.82, 2.24) is 4.90 Å². The van der Waals surface area contributed by atoms with Gasteiger partial charge in [-0.05, 0) is 24.3 Å². The van der Waals surface area contributed by atoms with Gasteiger partial charge in [0.2, 0.25) is 0 Å². The maximum atomic E-state index is 13.0. The van der Waals surface area contributed by atoms with E-state index in [-0.39, 0.29) is 11.7 Å². The van der Waals surface area contributed by atoms with Gasteiger partial charge in [-0.2, -0.15) is 0 Å². The van der Waals surface area contributed by atoms with E-state index >= 15 is 0 Å². The van der Waals surface area contributed by atoms with E-state index < -0.39 is 17.6 Å². The number of nitrogens with zero attached hydrogens (tertiary/aromatic N) is 2. The van der Waals surface area contributed by atoms with Crippen LogP contribution in [0.5, 0.6) is 0 Å². The van der Waals surface area contributed by atoms with E-state index in [2.05, 4.69) is 4.90 Å². The Hall–Kier alpha value is -2.31. The highest BCUT2D eigenvalue weighted by molar-refractivity contribution is 5.84. The minimum atomic E-state index is -0.951. The Morgan fingerprint density at radius 2 is 1.67 bits per heavy atom. The van der Waals surface area contributed by atoms with E-state index in [1.807, 2.05) is 20.8 Å². The number of primary amides is 1. The quantitative estimate of drug-likeness (QED) is 0.915. The third-order valence-corrected chi connectivity index (χ3v) is 4.03. The number of hydrogen-bond acceptors (Lipinski definition) is 4. The summed E-state index contributed by atoms with van der Waals surface area (Å²) < 4.78 is 18.1. The smallest absolute Gasteiger partial charge is 0.405 e. The van der Waals surface area contributed by atoms with E-state index in [0.29, 0.717) is 26.2 Å². The van der Waals surface area contributed by atoms with Crippen molar-refractivity contribution in [3.05, 3.63) is 30.1 Å². The van der Waals surface area contributed by atoms with E-state index in [0.717, 1.165) is 5.69 Å². The molecule has 0 saturated carbocycles. The molecule has 6 nitrogen and oxygen atoms in total. The second-order valence-electron chi connectivity index (χ2n) is 6.97. The topological polar surface area (TPSA) is 75.9 Å². The lowest BCUT2D eigenvalue weighted by atomic mass is 9.88. The van der Waals surface area contributed by atoms with Gasteiger partial charge in [-0.15, -0.1) is 0 Å². The van der Waals surface area contributed by atoms with Gasteiger partial charge in [0.1, 0.15) is 5.82 Å². The lowest BCUT2D eigenvalue weighted by molar-refractivity contribution is -0.146. The molecule has 1 unspecified atom stereocenters. The van der Waals surface area contributed by atoms with Crippen LogP contribution in [0.15, 0.2) is 24.3 Å². The molecule has 1 atom stereocenters. The second kappa shape index (κ2) is 7.07. The Morgan fingerprint density at radius 3 is 2.12 bits per heavy atom. The van der Waals surface area contributed by atoms with Gasteiger partial charge in [0.05, 0.1) is 0 Å². The number of nitrogens with two attached hydrogens (primary N) is 1. The minimum absolute atomic E-state index is 0.236. The molecule has 1 aliphatic rings. The number of ether oxygens (including phenoxy) is 1. The van der Waals surface area contributed by atoms with Gasteiger partial charge in [-0.25, -0.2) is 9.18 Å². The first kappa shape index (κ1) is 18.0. The van der Waals surface area contributed by atoms with E-state index in [9.17, 15) is 14.0 Å². The van der Waals surface area contributed by atoms with Crippen molar-refractivity contribution in [3.63, 3.8) is 0 Å². The Bertz CT molecular complexity index is 590. The van der Waals surface area contributed by atoms with Crippen molar-refractivity contribution < 1.29 is 18.7 Å². The van der Waals surface area contributed by atoms with Crippen LogP contribution in [0.2, 0.25) is 0 Å². The molecule has 1 aliphatic heterocycles. The van der Waals surface area contributed by atoms with Gasteiger partial charge in [0.15, 0.2) is 6.10 Å². The fourth-order valence-electron chi connectivity index (χ4n) is 2.72. The molecule has 132 valence electrons. The van der Waals surface area contributed by atoms with Crippen LogP contribution in [0, 0.1) is 11.2 Å². The predicted molar refractivity (Wildman–Crippen MR) is 89.1 cm³/mol. The van der Waals surface area contributed by atoms with Crippen LogP contribution in [0.25, 0.3) is 0 Å².